The highest BCUT2D eigenvalue weighted by Crippen LogP contribution is 2.33. The van der Waals surface area contributed by atoms with Crippen molar-refractivity contribution in [3.8, 4) is 0 Å². The van der Waals surface area contributed by atoms with Gasteiger partial charge < -0.3 is 9.32 Å². The molecule has 1 fully saturated rings. The normalized spacial score (nSPS) is 17.1. The topological polar surface area (TPSA) is 63.4 Å². The summed E-state index contributed by atoms with van der Waals surface area (Å²) in [6, 6.07) is 14.2. The second-order valence-electron chi connectivity index (χ2n) is 7.23. The molecule has 5 rings (SSSR count). The lowest BCUT2D eigenvalue weighted by atomic mass is 9.98. The van der Waals surface area contributed by atoms with Gasteiger partial charge in [-0.05, 0) is 43.2 Å². The number of nitrogens with zero attached hydrogens (tertiary/aromatic N) is 2. The molecule has 0 radical (unpaired) electrons. The van der Waals surface area contributed by atoms with Crippen LogP contribution in [0.25, 0.3) is 21.2 Å². The van der Waals surface area contributed by atoms with E-state index in [1.807, 2.05) is 18.2 Å². The SMILES string of the molecule is O=C(c1cc(=O)c2cc(Cl)ccc2o1)N1CCCC(c2nc3ccccc3s2)C1. The Labute approximate surface area is 175 Å². The molecule has 0 aliphatic carbocycles. The summed E-state index contributed by atoms with van der Waals surface area (Å²) in [5, 5.41) is 1.89. The number of halogens is 1. The van der Waals surface area contributed by atoms with Crippen LogP contribution in [0.15, 0.2) is 57.7 Å². The number of carbonyl (C=O) groups is 1. The second kappa shape index (κ2) is 7.28. The number of hydrogen-bond acceptors (Lipinski definition) is 5. The maximum Gasteiger partial charge on any atom is 0.289 e. The predicted octanol–water partition coefficient (Wildman–Crippen LogP) is 5.08. The molecule has 1 aliphatic rings. The summed E-state index contributed by atoms with van der Waals surface area (Å²) in [5.41, 5.74) is 1.09. The summed E-state index contributed by atoms with van der Waals surface area (Å²) in [5.74, 6) is -0.00406. The largest absolute Gasteiger partial charge is 0.451 e. The van der Waals surface area contributed by atoms with Crippen LogP contribution in [0.4, 0.5) is 0 Å². The smallest absolute Gasteiger partial charge is 0.289 e. The molecule has 29 heavy (non-hydrogen) atoms. The lowest BCUT2D eigenvalue weighted by Crippen LogP contribution is -2.39. The summed E-state index contributed by atoms with van der Waals surface area (Å²) in [6.45, 7) is 1.21. The Morgan fingerprint density at radius 1 is 1.21 bits per heavy atom. The van der Waals surface area contributed by atoms with Crippen LogP contribution in [-0.4, -0.2) is 28.9 Å². The molecule has 5 nitrogen and oxygen atoms in total. The van der Waals surface area contributed by atoms with Gasteiger partial charge in [-0.25, -0.2) is 4.98 Å². The number of amides is 1. The van der Waals surface area contributed by atoms with Gasteiger partial charge in [0, 0.05) is 30.1 Å². The summed E-state index contributed by atoms with van der Waals surface area (Å²) in [4.78, 5) is 32.0. The first-order valence-electron chi connectivity index (χ1n) is 9.46. The summed E-state index contributed by atoms with van der Waals surface area (Å²) in [7, 11) is 0. The fraction of sp³-hybridized carbons (Fsp3) is 0.227. The van der Waals surface area contributed by atoms with E-state index in [1.165, 1.54) is 6.07 Å². The van der Waals surface area contributed by atoms with Gasteiger partial charge in [-0.2, -0.15) is 0 Å². The zero-order valence-electron chi connectivity index (χ0n) is 15.4. The van der Waals surface area contributed by atoms with Gasteiger partial charge in [0.05, 0.1) is 20.6 Å². The third-order valence-corrected chi connectivity index (χ3v) is 6.70. The average molecular weight is 425 g/mol. The molecule has 2 aromatic heterocycles. The van der Waals surface area contributed by atoms with Crippen molar-refractivity contribution in [2.75, 3.05) is 13.1 Å². The molecule has 4 aromatic rings. The van der Waals surface area contributed by atoms with Crippen LogP contribution in [0, 0.1) is 0 Å². The first-order chi connectivity index (χ1) is 14.1. The van der Waals surface area contributed by atoms with Gasteiger partial charge in [0.1, 0.15) is 5.58 Å². The van der Waals surface area contributed by atoms with E-state index >= 15 is 0 Å². The molecule has 1 amide bonds. The van der Waals surface area contributed by atoms with Crippen LogP contribution in [0.2, 0.25) is 5.02 Å². The molecule has 0 spiro atoms. The van der Waals surface area contributed by atoms with Gasteiger partial charge >= 0.3 is 0 Å². The lowest BCUT2D eigenvalue weighted by molar-refractivity contribution is 0.0675. The maximum atomic E-state index is 13.1. The van der Waals surface area contributed by atoms with Crippen molar-refractivity contribution in [3.63, 3.8) is 0 Å². The van der Waals surface area contributed by atoms with Crippen LogP contribution in [0.5, 0.6) is 0 Å². The van der Waals surface area contributed by atoms with E-state index in [1.54, 1.807) is 34.4 Å². The average Bonchev–Trinajstić information content (AvgIpc) is 3.18. The van der Waals surface area contributed by atoms with Crippen LogP contribution >= 0.6 is 22.9 Å². The number of benzene rings is 2. The standard InChI is InChI=1S/C22H17ClN2O3S/c23-14-7-8-18-15(10-14)17(26)11-19(28-18)22(27)25-9-3-4-13(12-25)21-24-16-5-1-2-6-20(16)29-21/h1-2,5-8,10-11,13H,3-4,9,12H2. The zero-order chi connectivity index (χ0) is 20.0. The van der Waals surface area contributed by atoms with Crippen LogP contribution in [0.3, 0.4) is 0 Å². The fourth-order valence-corrected chi connectivity index (χ4v) is 5.08. The maximum absolute atomic E-state index is 13.1. The van der Waals surface area contributed by atoms with Crippen molar-refractivity contribution in [3.05, 3.63) is 74.5 Å². The van der Waals surface area contributed by atoms with E-state index in [9.17, 15) is 9.59 Å². The Kier molecular flexibility index (Phi) is 4.60. The summed E-state index contributed by atoms with van der Waals surface area (Å²) < 4.78 is 6.90. The Morgan fingerprint density at radius 2 is 2.07 bits per heavy atom. The molecule has 0 bridgehead atoms. The Balaban J connectivity index is 1.43. The lowest BCUT2D eigenvalue weighted by Gasteiger charge is -2.31. The zero-order valence-corrected chi connectivity index (χ0v) is 17.0. The minimum absolute atomic E-state index is 0.0646. The number of likely N-dealkylation sites (tertiary alicyclic amines) is 1. The Bertz CT molecular complexity index is 1260. The van der Waals surface area contributed by atoms with E-state index in [-0.39, 0.29) is 23.0 Å². The van der Waals surface area contributed by atoms with E-state index in [0.29, 0.717) is 29.1 Å². The number of carbonyl (C=O) groups excluding carboxylic acids is 1. The molecule has 1 unspecified atom stereocenters. The highest BCUT2D eigenvalue weighted by molar-refractivity contribution is 7.18. The molecule has 1 aliphatic heterocycles. The van der Waals surface area contributed by atoms with E-state index in [2.05, 4.69) is 6.07 Å². The van der Waals surface area contributed by atoms with Gasteiger partial charge in [-0.1, -0.05) is 23.7 Å². The number of thiazole rings is 1. The molecule has 7 heteroatoms. The van der Waals surface area contributed by atoms with Crippen molar-refractivity contribution in [1.29, 1.82) is 0 Å². The number of aromatic nitrogens is 1. The summed E-state index contributed by atoms with van der Waals surface area (Å²) in [6.07, 6.45) is 1.88. The summed E-state index contributed by atoms with van der Waals surface area (Å²) >= 11 is 7.64. The van der Waals surface area contributed by atoms with Crippen LogP contribution in [0.1, 0.15) is 34.3 Å². The molecule has 1 saturated heterocycles. The van der Waals surface area contributed by atoms with E-state index in [4.69, 9.17) is 21.0 Å². The molecule has 0 N–H and O–H groups in total. The van der Waals surface area contributed by atoms with E-state index < -0.39 is 0 Å². The quantitative estimate of drug-likeness (QED) is 0.450. The highest BCUT2D eigenvalue weighted by atomic mass is 35.5. The molecule has 2 aromatic carbocycles. The van der Waals surface area contributed by atoms with Crippen molar-refractivity contribution in [2.45, 2.75) is 18.8 Å². The molecular weight excluding hydrogens is 408 g/mol. The van der Waals surface area contributed by atoms with Gasteiger partial charge in [0.15, 0.2) is 11.2 Å². The number of piperidine rings is 1. The monoisotopic (exact) mass is 424 g/mol. The van der Waals surface area contributed by atoms with Gasteiger partial charge in [0.25, 0.3) is 5.91 Å². The molecule has 0 saturated carbocycles. The van der Waals surface area contributed by atoms with Crippen LogP contribution < -0.4 is 5.43 Å². The molecule has 3 heterocycles. The van der Waals surface area contributed by atoms with Gasteiger partial charge in [-0.3, -0.25) is 9.59 Å². The van der Waals surface area contributed by atoms with Gasteiger partial charge in [0.2, 0.25) is 0 Å². The van der Waals surface area contributed by atoms with Crippen molar-refractivity contribution in [2.24, 2.45) is 0 Å². The Morgan fingerprint density at radius 3 is 2.93 bits per heavy atom. The number of para-hydroxylation sites is 1. The third kappa shape index (κ3) is 3.43. The van der Waals surface area contributed by atoms with E-state index in [0.717, 1.165) is 28.1 Å². The number of fused-ring (bicyclic) bond motifs is 2. The molecule has 146 valence electrons. The Hall–Kier alpha value is -2.70. The first kappa shape index (κ1) is 18.3. The minimum Gasteiger partial charge on any atom is -0.451 e. The minimum atomic E-state index is -0.267. The van der Waals surface area contributed by atoms with Crippen molar-refractivity contribution in [1.82, 2.24) is 9.88 Å². The van der Waals surface area contributed by atoms with Crippen molar-refractivity contribution >= 4 is 50.0 Å². The number of rotatable bonds is 2. The third-order valence-electron chi connectivity index (χ3n) is 5.27. The van der Waals surface area contributed by atoms with Crippen molar-refractivity contribution < 1.29 is 9.21 Å². The molecule has 1 atom stereocenters. The second-order valence-corrected chi connectivity index (χ2v) is 8.72. The first-order valence-corrected chi connectivity index (χ1v) is 10.7. The van der Waals surface area contributed by atoms with Crippen LogP contribution in [-0.2, 0) is 0 Å². The van der Waals surface area contributed by atoms with Gasteiger partial charge in [-0.15, -0.1) is 11.3 Å². The molecular formula is C22H17ClN2O3S. The highest BCUT2D eigenvalue weighted by Gasteiger charge is 2.29. The number of hydrogen-bond donors (Lipinski definition) is 0. The predicted molar refractivity (Wildman–Crippen MR) is 115 cm³/mol. The fourth-order valence-electron chi connectivity index (χ4n) is 3.82.